The number of aliphatic hydroxyl groups excluding tert-OH is 1. The molecule has 2 saturated carbocycles. The van der Waals surface area contributed by atoms with Gasteiger partial charge in [0.1, 0.15) is 42.0 Å². The number of aliphatic hydroxyl groups is 1. The van der Waals surface area contributed by atoms with E-state index in [1.807, 2.05) is 33.7 Å². The lowest BCUT2D eigenvalue weighted by Crippen LogP contribution is -2.49. The predicted octanol–water partition coefficient (Wildman–Crippen LogP) is 10.1. The van der Waals surface area contributed by atoms with Crippen LogP contribution < -0.4 is 35.9 Å². The van der Waals surface area contributed by atoms with Gasteiger partial charge in [0, 0.05) is 119 Å². The number of methoxy groups -OCH3 is 2. The molecule has 1 saturated heterocycles. The second-order valence-corrected chi connectivity index (χ2v) is 28.8. The van der Waals surface area contributed by atoms with E-state index in [-0.39, 0.29) is 73.0 Å². The number of fused-ring (bicyclic) bond motifs is 14. The van der Waals surface area contributed by atoms with Gasteiger partial charge in [-0.15, -0.1) is 0 Å². The van der Waals surface area contributed by atoms with Crippen molar-refractivity contribution in [2.24, 2.45) is 40.7 Å². The van der Waals surface area contributed by atoms with Gasteiger partial charge in [-0.3, -0.25) is 4.79 Å². The van der Waals surface area contributed by atoms with Crippen LogP contribution in [0.4, 0.5) is 0 Å². The van der Waals surface area contributed by atoms with Crippen molar-refractivity contribution in [1.82, 2.24) is 16.0 Å². The van der Waals surface area contributed by atoms with Crippen molar-refractivity contribution in [3.8, 4) is 63.6 Å². The molecule has 0 radical (unpaired) electrons. The Labute approximate surface area is 512 Å². The number of allylic oxidation sites excluding steroid dienone is 4. The molecule has 15 atom stereocenters. The number of esters is 1. The highest BCUT2D eigenvalue weighted by Crippen LogP contribution is 2.65. The average molecular weight is 1190 g/mol. The van der Waals surface area contributed by atoms with Crippen molar-refractivity contribution in [2.45, 2.75) is 125 Å². The Hall–Kier alpha value is -6.27. The summed E-state index contributed by atoms with van der Waals surface area (Å²) in [6.45, 7) is 2.17. The van der Waals surface area contributed by atoms with Crippen LogP contribution in [0.5, 0.6) is 28.7 Å². The van der Waals surface area contributed by atoms with Crippen LogP contribution in [-0.4, -0.2) is 97.7 Å². The Bertz CT molecular complexity index is 3700. The number of benzene rings is 4. The second-order valence-electron chi connectivity index (χ2n) is 26.2. The fourth-order valence-corrected chi connectivity index (χ4v) is 20.2. The lowest BCUT2D eigenvalue weighted by molar-refractivity contribution is -0.141. The number of ether oxygens (including phenoxy) is 5. The molecule has 8 N–H and O–H groups in total. The summed E-state index contributed by atoms with van der Waals surface area (Å²) in [5.74, 6) is 17.2. The van der Waals surface area contributed by atoms with Gasteiger partial charge >= 0.3 is 5.97 Å². The van der Waals surface area contributed by atoms with E-state index in [0.29, 0.717) is 65.5 Å². The molecule has 3 fully saturated rings. The molecule has 86 heavy (non-hydrogen) atoms. The number of dihydropyridines is 1. The topological polar surface area (TPSA) is 186 Å². The van der Waals surface area contributed by atoms with Gasteiger partial charge in [0.15, 0.2) is 11.5 Å². The Morgan fingerprint density at radius 3 is 2.72 bits per heavy atom. The number of nitrogens with one attached hydrogen (secondary N) is 3. The van der Waals surface area contributed by atoms with Gasteiger partial charge in [-0.2, -0.15) is 0 Å². The standard InChI is InChI=1S/C71H76N4O9S2/c1-38(77)82-34-55-50-12-13-51-62-44(27-47(78)28-59(62)81-3)30-70-22-20-43(29-70)53-26-39-6-4-8-42(24-39)48-21-23-71(37-80-2)45(33-76)31-73-32-54-63(41(10-16-56(48)71)11-17-57-49(53)15-19-61(72)75-57)64(67(55)84-68(50)65(51)70)52-14-18-58-60(83-69(52)66(54)79)36-86-85-35-40-7-5-9-46(25-40)74-58/h4,6,8,12-15,18-19,21,23-24,27-28,40-41,43,45-46,48,53,55-56,58,60-61,67,73-76,78-79H,5,7,9,20,22,25-26,29-37,72H2,1-3H3. The Morgan fingerprint density at radius 1 is 0.965 bits per heavy atom. The first-order chi connectivity index (χ1) is 41.9. The van der Waals surface area contributed by atoms with E-state index in [1.54, 1.807) is 20.3 Å². The van der Waals surface area contributed by atoms with Crippen LogP contribution in [0.2, 0.25) is 0 Å². The molecule has 6 heterocycles. The molecule has 0 amide bonds. The van der Waals surface area contributed by atoms with E-state index in [1.165, 1.54) is 25.3 Å². The van der Waals surface area contributed by atoms with E-state index in [2.05, 4.69) is 106 Å². The summed E-state index contributed by atoms with van der Waals surface area (Å²) in [5.41, 5.74) is 17.5. The largest absolute Gasteiger partial charge is 0.508 e. The number of hydrogen-bond donors (Lipinski definition) is 7. The van der Waals surface area contributed by atoms with E-state index < -0.39 is 40.9 Å². The van der Waals surface area contributed by atoms with Gasteiger partial charge < -0.3 is 60.7 Å². The normalized spacial score (nSPS) is 33.7. The van der Waals surface area contributed by atoms with Crippen LogP contribution in [0.3, 0.4) is 0 Å². The number of carbonyl (C=O) groups is 1. The van der Waals surface area contributed by atoms with Gasteiger partial charge in [-0.25, -0.2) is 0 Å². The minimum Gasteiger partial charge on any atom is -0.508 e. The van der Waals surface area contributed by atoms with Crippen molar-refractivity contribution in [1.29, 1.82) is 0 Å². The van der Waals surface area contributed by atoms with Gasteiger partial charge in [0.05, 0.1) is 37.5 Å². The van der Waals surface area contributed by atoms with E-state index >= 15 is 0 Å². The van der Waals surface area contributed by atoms with Gasteiger partial charge in [0.2, 0.25) is 0 Å². The number of rotatable bonds is 6. The van der Waals surface area contributed by atoms with Crippen LogP contribution in [-0.2, 0) is 39.1 Å². The van der Waals surface area contributed by atoms with Crippen molar-refractivity contribution in [3.63, 3.8) is 0 Å². The van der Waals surface area contributed by atoms with Crippen molar-refractivity contribution < 1.29 is 43.8 Å². The molecular weight excluding hydrogens is 1120 g/mol. The summed E-state index contributed by atoms with van der Waals surface area (Å²) < 4.78 is 34.2. The summed E-state index contributed by atoms with van der Waals surface area (Å²) in [6, 6.07) is 17.2. The molecule has 13 nitrogen and oxygen atoms in total. The molecule has 11 bridgehead atoms. The van der Waals surface area contributed by atoms with Gasteiger partial charge in [-0.1, -0.05) is 113 Å². The minimum absolute atomic E-state index is 0.000473. The van der Waals surface area contributed by atoms with Crippen LogP contribution in [0.25, 0.3) is 17.2 Å². The molecule has 15 rings (SSSR count). The first-order valence-electron chi connectivity index (χ1n) is 31.1. The van der Waals surface area contributed by atoms with Crippen molar-refractivity contribution >= 4 is 33.6 Å². The van der Waals surface area contributed by atoms with Gasteiger partial charge in [0.25, 0.3) is 0 Å². The molecule has 6 aliphatic heterocycles. The van der Waals surface area contributed by atoms with E-state index in [0.717, 1.165) is 100 Å². The zero-order chi connectivity index (χ0) is 58.6. The highest BCUT2D eigenvalue weighted by atomic mass is 33.1. The summed E-state index contributed by atoms with van der Waals surface area (Å²) in [5, 5.41) is 48.4. The fraction of sp³-hybridized carbons (Fsp3) is 0.479. The van der Waals surface area contributed by atoms with Crippen molar-refractivity contribution in [2.75, 3.05) is 52.1 Å². The zero-order valence-electron chi connectivity index (χ0n) is 49.1. The Morgan fingerprint density at radius 2 is 1.86 bits per heavy atom. The summed E-state index contributed by atoms with van der Waals surface area (Å²) in [4.78, 5) is 13.4. The maximum atomic E-state index is 13.6. The number of aromatic hydroxyl groups is 2. The van der Waals surface area contributed by atoms with Crippen LogP contribution in [0, 0.1) is 58.7 Å². The molecule has 1 spiro atoms. The van der Waals surface area contributed by atoms with Crippen molar-refractivity contribution in [3.05, 3.63) is 140 Å². The summed E-state index contributed by atoms with van der Waals surface area (Å²) in [6.07, 6.45) is 20.0. The average Bonchev–Trinajstić information content (AvgIpc) is 1.46. The lowest BCUT2D eigenvalue weighted by Gasteiger charge is -2.40. The molecule has 15 heteroatoms. The van der Waals surface area contributed by atoms with Crippen LogP contribution >= 0.6 is 21.6 Å². The smallest absolute Gasteiger partial charge is 0.302 e. The predicted molar refractivity (Wildman–Crippen MR) is 336 cm³/mol. The molecule has 4 aromatic carbocycles. The zero-order valence-corrected chi connectivity index (χ0v) is 50.7. The minimum atomic E-state index is -0.871. The number of phenolic OH excluding ortho intramolecular Hbond substituents is 2. The number of carbonyl (C=O) groups excluding carboxylic acids is 1. The number of nitrogens with two attached hydrogens (primary N) is 1. The van der Waals surface area contributed by atoms with E-state index in [9.17, 15) is 20.1 Å². The SMILES string of the molecule is COCC12C=CC3c4cccc(c4)CC4C5=C(C#CC(C#CC31)c1c(c(O)c3c(c1C1Oc6c(ccc7c6C6(CCC4C6)Cc4cc(O)cc(OC)c4-7)C1COC(C)=O)C=CC1NC4CCCC(CSSCC1O3)C4)CNCC2CO)NC(N)C=C5. The van der Waals surface area contributed by atoms with Crippen LogP contribution in [0.15, 0.2) is 90.2 Å². The molecule has 5 aliphatic carbocycles. The number of phenols is 2. The molecule has 0 aromatic heterocycles. The quantitative estimate of drug-likeness (QED) is 0.0418. The van der Waals surface area contributed by atoms with Gasteiger partial charge in [-0.05, 0) is 121 Å². The highest BCUT2D eigenvalue weighted by Gasteiger charge is 2.55. The van der Waals surface area contributed by atoms with Crippen LogP contribution in [0.1, 0.15) is 126 Å². The molecule has 4 aromatic rings. The third-order valence-corrected chi connectivity index (χ3v) is 24.0. The third-order valence-electron chi connectivity index (χ3n) is 21.4. The second kappa shape index (κ2) is 22.4. The lowest BCUT2D eigenvalue weighted by atomic mass is 9.64. The first kappa shape index (κ1) is 56.3. The molecular formula is C71H76N4O9S2. The highest BCUT2D eigenvalue weighted by molar-refractivity contribution is 8.76. The summed E-state index contributed by atoms with van der Waals surface area (Å²) in [7, 11) is 7.15. The number of hydrogen-bond acceptors (Lipinski definition) is 15. The Balaban J connectivity index is 1.06. The maximum Gasteiger partial charge on any atom is 0.302 e. The fourth-order valence-electron chi connectivity index (χ4n) is 17.5. The maximum absolute atomic E-state index is 13.6. The third kappa shape index (κ3) is 9.39. The Kier molecular flexibility index (Phi) is 14.7. The molecule has 11 aliphatic rings. The molecule has 446 valence electrons. The monoisotopic (exact) mass is 1190 g/mol. The first-order valence-corrected chi connectivity index (χ1v) is 33.6. The van der Waals surface area contributed by atoms with E-state index in [4.69, 9.17) is 29.4 Å². The molecule has 15 unspecified atom stereocenters. The summed E-state index contributed by atoms with van der Waals surface area (Å²) >= 11 is 0.